The summed E-state index contributed by atoms with van der Waals surface area (Å²) in [6, 6.07) is 0. The molecule has 0 saturated carbocycles. The summed E-state index contributed by atoms with van der Waals surface area (Å²) < 4.78 is 13.0. The average Bonchev–Trinajstić information content (AvgIpc) is 3.07. The molecule has 1 saturated heterocycles. The molecular weight excluding hydrogens is 298 g/mol. The molecule has 0 spiro atoms. The van der Waals surface area contributed by atoms with Crippen LogP contribution in [0.3, 0.4) is 0 Å². The summed E-state index contributed by atoms with van der Waals surface area (Å²) in [5, 5.41) is 9.29. The van der Waals surface area contributed by atoms with E-state index < -0.39 is 0 Å². The van der Waals surface area contributed by atoms with Gasteiger partial charge in [0.05, 0.1) is 19.8 Å². The Morgan fingerprint density at radius 2 is 2.04 bits per heavy atom. The molecule has 0 bridgehead atoms. The standard InChI is InChI=1S/C13H19N5O3.C2H6/c1-6-4-8(5-19)21-12(6)18-7(2)15-9-10(18)16-13(14)17-11(9)20-3;1-2/h6,8,12,19H,4-5H2,1-3H3,(H2,14,16,17);1-2H3/t6-,8-,12?;/m0./s1. The van der Waals surface area contributed by atoms with Gasteiger partial charge in [-0.2, -0.15) is 9.97 Å². The van der Waals surface area contributed by atoms with Crippen LogP contribution in [0.1, 0.15) is 39.2 Å². The highest BCUT2D eigenvalue weighted by atomic mass is 16.5. The van der Waals surface area contributed by atoms with Crippen LogP contribution >= 0.6 is 0 Å². The number of aryl methyl sites for hydroxylation is 1. The minimum atomic E-state index is -0.230. The maximum absolute atomic E-state index is 9.29. The van der Waals surface area contributed by atoms with Crippen LogP contribution in [0.25, 0.3) is 11.2 Å². The van der Waals surface area contributed by atoms with Crippen molar-refractivity contribution in [3.05, 3.63) is 5.82 Å². The topological polar surface area (TPSA) is 108 Å². The van der Waals surface area contributed by atoms with Crippen LogP contribution in [0.15, 0.2) is 0 Å². The van der Waals surface area contributed by atoms with Gasteiger partial charge >= 0.3 is 0 Å². The molecule has 2 aromatic rings. The summed E-state index contributed by atoms with van der Waals surface area (Å²) in [6.45, 7) is 7.96. The number of ether oxygens (including phenoxy) is 2. The van der Waals surface area contributed by atoms with Crippen LogP contribution in [-0.4, -0.2) is 44.4 Å². The Morgan fingerprint density at radius 3 is 2.61 bits per heavy atom. The zero-order valence-electron chi connectivity index (χ0n) is 14.3. The van der Waals surface area contributed by atoms with E-state index in [1.165, 1.54) is 7.11 Å². The van der Waals surface area contributed by atoms with Crippen LogP contribution in [-0.2, 0) is 4.74 Å². The second-order valence-electron chi connectivity index (χ2n) is 5.34. The molecule has 1 unspecified atom stereocenters. The number of nitrogens with zero attached hydrogens (tertiary/aromatic N) is 4. The predicted molar refractivity (Wildman–Crippen MR) is 87.1 cm³/mol. The van der Waals surface area contributed by atoms with E-state index in [2.05, 4.69) is 21.9 Å². The average molecular weight is 323 g/mol. The fourth-order valence-corrected chi connectivity index (χ4v) is 2.87. The summed E-state index contributed by atoms with van der Waals surface area (Å²) in [5.74, 6) is 1.47. The van der Waals surface area contributed by atoms with Crippen molar-refractivity contribution in [2.45, 2.75) is 46.4 Å². The van der Waals surface area contributed by atoms with Crippen LogP contribution in [0.5, 0.6) is 5.88 Å². The first-order valence-electron chi connectivity index (χ1n) is 7.87. The first-order chi connectivity index (χ1) is 11.0. The van der Waals surface area contributed by atoms with E-state index in [0.717, 1.165) is 12.2 Å². The molecule has 23 heavy (non-hydrogen) atoms. The normalized spacial score (nSPS) is 23.7. The largest absolute Gasteiger partial charge is 0.479 e. The minimum Gasteiger partial charge on any atom is -0.479 e. The second kappa shape index (κ2) is 7.10. The number of aliphatic hydroxyl groups is 1. The molecule has 1 fully saturated rings. The third-order valence-corrected chi connectivity index (χ3v) is 3.81. The highest BCUT2D eigenvalue weighted by molar-refractivity contribution is 5.78. The molecule has 1 aliphatic heterocycles. The predicted octanol–water partition coefficient (Wildman–Crippen LogP) is 1.67. The molecule has 0 aliphatic carbocycles. The van der Waals surface area contributed by atoms with Gasteiger partial charge in [0.15, 0.2) is 11.2 Å². The fraction of sp³-hybridized carbons (Fsp3) is 0.667. The zero-order chi connectivity index (χ0) is 17.1. The minimum absolute atomic E-state index is 0.00691. The maximum atomic E-state index is 9.29. The van der Waals surface area contributed by atoms with Crippen molar-refractivity contribution >= 4 is 17.1 Å². The van der Waals surface area contributed by atoms with Crippen molar-refractivity contribution in [1.82, 2.24) is 19.5 Å². The molecule has 0 aromatic carbocycles. The number of methoxy groups -OCH3 is 1. The number of nitrogen functional groups attached to an aromatic ring is 1. The monoisotopic (exact) mass is 323 g/mol. The molecule has 3 atom stereocenters. The van der Waals surface area contributed by atoms with Gasteiger partial charge in [-0.15, -0.1) is 0 Å². The van der Waals surface area contributed by atoms with Gasteiger partial charge in [0, 0.05) is 5.92 Å². The van der Waals surface area contributed by atoms with Crippen LogP contribution in [0.4, 0.5) is 5.95 Å². The Balaban J connectivity index is 0.000000924. The Kier molecular flexibility index (Phi) is 5.38. The lowest BCUT2D eigenvalue weighted by molar-refractivity contribution is -0.0303. The molecule has 8 nitrogen and oxygen atoms in total. The van der Waals surface area contributed by atoms with Crippen molar-refractivity contribution < 1.29 is 14.6 Å². The molecule has 3 rings (SSSR count). The number of hydrogen-bond donors (Lipinski definition) is 2. The van der Waals surface area contributed by atoms with Gasteiger partial charge in [-0.3, -0.25) is 4.57 Å². The number of hydrogen-bond acceptors (Lipinski definition) is 7. The van der Waals surface area contributed by atoms with Crippen LogP contribution in [0, 0.1) is 12.8 Å². The SMILES string of the molecule is CC.COc1nc(N)nc2c1nc(C)n2C1O[C@H](CO)C[C@@H]1C. The van der Waals surface area contributed by atoms with Crippen molar-refractivity contribution in [3.8, 4) is 5.88 Å². The molecule has 0 radical (unpaired) electrons. The number of imidazole rings is 1. The first kappa shape index (κ1) is 17.4. The second-order valence-corrected chi connectivity index (χ2v) is 5.34. The summed E-state index contributed by atoms with van der Waals surface area (Å²) in [7, 11) is 1.52. The summed E-state index contributed by atoms with van der Waals surface area (Å²) in [4.78, 5) is 12.8. The van der Waals surface area contributed by atoms with Crippen molar-refractivity contribution in [2.75, 3.05) is 19.5 Å². The molecule has 8 heteroatoms. The van der Waals surface area contributed by atoms with E-state index >= 15 is 0 Å². The molecule has 0 amide bonds. The van der Waals surface area contributed by atoms with Gasteiger partial charge in [-0.05, 0) is 13.3 Å². The lowest BCUT2D eigenvalue weighted by atomic mass is 10.1. The van der Waals surface area contributed by atoms with Gasteiger partial charge in [0.2, 0.25) is 11.8 Å². The lowest BCUT2D eigenvalue weighted by Gasteiger charge is -2.19. The highest BCUT2D eigenvalue weighted by Crippen LogP contribution is 2.37. The number of aliphatic hydroxyl groups excluding tert-OH is 1. The Bertz CT molecular complexity index is 673. The van der Waals surface area contributed by atoms with E-state index in [-0.39, 0.29) is 30.8 Å². The Hall–Kier alpha value is -1.93. The van der Waals surface area contributed by atoms with Crippen LogP contribution < -0.4 is 10.5 Å². The highest BCUT2D eigenvalue weighted by Gasteiger charge is 2.35. The van der Waals surface area contributed by atoms with E-state index in [4.69, 9.17) is 15.2 Å². The van der Waals surface area contributed by atoms with E-state index in [0.29, 0.717) is 17.0 Å². The molecule has 3 heterocycles. The quantitative estimate of drug-likeness (QED) is 0.884. The van der Waals surface area contributed by atoms with Gasteiger partial charge in [0.1, 0.15) is 12.1 Å². The summed E-state index contributed by atoms with van der Waals surface area (Å²) in [5.41, 5.74) is 6.89. The van der Waals surface area contributed by atoms with Crippen molar-refractivity contribution in [3.63, 3.8) is 0 Å². The number of fused-ring (bicyclic) bond motifs is 1. The third-order valence-electron chi connectivity index (χ3n) is 3.81. The Morgan fingerprint density at radius 1 is 1.35 bits per heavy atom. The van der Waals surface area contributed by atoms with E-state index in [9.17, 15) is 5.11 Å². The molecule has 1 aliphatic rings. The molecule has 128 valence electrons. The van der Waals surface area contributed by atoms with Gasteiger partial charge < -0.3 is 20.3 Å². The summed E-state index contributed by atoms with van der Waals surface area (Å²) >= 11 is 0. The van der Waals surface area contributed by atoms with Gasteiger partial charge in [-0.1, -0.05) is 20.8 Å². The molecule has 2 aromatic heterocycles. The van der Waals surface area contributed by atoms with Gasteiger partial charge in [-0.25, -0.2) is 4.98 Å². The third kappa shape index (κ3) is 3.09. The van der Waals surface area contributed by atoms with E-state index in [1.807, 2.05) is 25.3 Å². The number of aromatic nitrogens is 4. The smallest absolute Gasteiger partial charge is 0.246 e. The van der Waals surface area contributed by atoms with Crippen molar-refractivity contribution in [2.24, 2.45) is 5.92 Å². The maximum Gasteiger partial charge on any atom is 0.246 e. The number of nitrogens with two attached hydrogens (primary N) is 1. The first-order valence-corrected chi connectivity index (χ1v) is 7.87. The van der Waals surface area contributed by atoms with E-state index in [1.54, 1.807) is 0 Å². The summed E-state index contributed by atoms with van der Waals surface area (Å²) in [6.07, 6.45) is 0.395. The number of anilines is 1. The molecular formula is C15H25N5O3. The van der Waals surface area contributed by atoms with Gasteiger partial charge in [0.25, 0.3) is 0 Å². The van der Waals surface area contributed by atoms with Crippen molar-refractivity contribution in [1.29, 1.82) is 0 Å². The fourth-order valence-electron chi connectivity index (χ4n) is 2.87. The Labute approximate surface area is 135 Å². The zero-order valence-corrected chi connectivity index (χ0v) is 14.3. The van der Waals surface area contributed by atoms with Crippen LogP contribution in [0.2, 0.25) is 0 Å². The molecule has 3 N–H and O–H groups in total. The number of rotatable bonds is 3. The lowest BCUT2D eigenvalue weighted by Crippen LogP contribution is -2.17.